The predicted molar refractivity (Wildman–Crippen MR) is 278 cm³/mol. The number of allylic oxidation sites excluding steroid dienone is 22. The van der Waals surface area contributed by atoms with Crippen LogP contribution in [0, 0.1) is 0 Å². The van der Waals surface area contributed by atoms with E-state index in [2.05, 4.69) is 148 Å². The first-order valence-electron chi connectivity index (χ1n) is 25.7. The van der Waals surface area contributed by atoms with E-state index in [1.807, 2.05) is 0 Å². The van der Waals surface area contributed by atoms with E-state index >= 15 is 0 Å². The average molecular weight is 883 g/mol. The molecule has 64 heavy (non-hydrogen) atoms. The first-order valence-corrected chi connectivity index (χ1v) is 25.7. The Hall–Kier alpha value is -3.96. The van der Waals surface area contributed by atoms with Crippen LogP contribution in [0.1, 0.15) is 206 Å². The molecule has 0 saturated carbocycles. The third kappa shape index (κ3) is 50.7. The van der Waals surface area contributed by atoms with Gasteiger partial charge in [-0.2, -0.15) is 0 Å². The molecule has 1 unspecified atom stereocenters. The number of hydrogen-bond donors (Lipinski definition) is 1. The molecule has 0 aliphatic carbocycles. The van der Waals surface area contributed by atoms with Crippen molar-refractivity contribution < 1.29 is 24.2 Å². The number of aliphatic hydroxyl groups excluding tert-OH is 1. The molecular formula is C59H94O5. The zero-order valence-electron chi connectivity index (χ0n) is 41.0. The Morgan fingerprint density at radius 3 is 1.06 bits per heavy atom. The molecule has 0 heterocycles. The molecule has 0 aromatic rings. The molecule has 0 fully saturated rings. The van der Waals surface area contributed by atoms with Gasteiger partial charge in [0.05, 0.1) is 6.61 Å². The first-order chi connectivity index (χ1) is 31.6. The molecule has 0 saturated heterocycles. The molecule has 0 aliphatic rings. The third-order valence-corrected chi connectivity index (χ3v) is 10.4. The van der Waals surface area contributed by atoms with Gasteiger partial charge in [-0.3, -0.25) is 9.59 Å². The lowest BCUT2D eigenvalue weighted by Crippen LogP contribution is -2.28. The van der Waals surface area contributed by atoms with Crippen LogP contribution in [0.3, 0.4) is 0 Å². The smallest absolute Gasteiger partial charge is 0.306 e. The van der Waals surface area contributed by atoms with Gasteiger partial charge in [0.25, 0.3) is 0 Å². The minimum Gasteiger partial charge on any atom is -0.462 e. The first kappa shape index (κ1) is 60.0. The van der Waals surface area contributed by atoms with Crippen molar-refractivity contribution in [3.8, 4) is 0 Å². The Kier molecular flexibility index (Phi) is 50.1. The molecule has 5 heteroatoms. The van der Waals surface area contributed by atoms with E-state index in [0.29, 0.717) is 12.8 Å². The quantitative estimate of drug-likeness (QED) is 0.0375. The minimum atomic E-state index is -0.815. The largest absolute Gasteiger partial charge is 0.462 e. The number of esters is 2. The maximum absolute atomic E-state index is 12.2. The van der Waals surface area contributed by atoms with Gasteiger partial charge in [0.2, 0.25) is 0 Å². The zero-order valence-corrected chi connectivity index (χ0v) is 41.0. The molecular weight excluding hydrogens is 789 g/mol. The highest BCUT2D eigenvalue weighted by molar-refractivity contribution is 5.70. The second-order valence-corrected chi connectivity index (χ2v) is 16.5. The standard InChI is InChI=1S/C59H94O5/c1-3-5-7-9-11-13-15-17-19-21-23-25-26-27-28-29-30-31-32-34-36-38-40-42-44-46-48-50-52-54-59(62)64-57(55-60)56-63-58(61)53-51-49-47-45-43-41-39-37-35-33-24-22-20-18-16-14-12-10-8-6-4-2/h5,7,11,13,16-19,22-25,27-28,30-31,34,36,40,42,46,48,57,60H,3-4,6,8-10,12,14-15,20-21,26,29,32-33,35,37-39,41,43-45,47,49-56H2,1-2H3/b7-5-,13-11-,18-16-,19-17-,24-22-,25-23-,28-27-,31-30-,36-34-,42-40-,48-46-. The summed E-state index contributed by atoms with van der Waals surface area (Å²) < 4.78 is 10.6. The van der Waals surface area contributed by atoms with Crippen molar-refractivity contribution in [3.05, 3.63) is 134 Å². The number of carbonyl (C=O) groups excluding carboxylic acids is 2. The van der Waals surface area contributed by atoms with Gasteiger partial charge in [-0.15, -0.1) is 0 Å². The molecule has 0 aromatic carbocycles. The number of aliphatic hydroxyl groups is 1. The predicted octanol–water partition coefficient (Wildman–Crippen LogP) is 17.3. The lowest BCUT2D eigenvalue weighted by molar-refractivity contribution is -0.161. The summed E-state index contributed by atoms with van der Waals surface area (Å²) >= 11 is 0. The van der Waals surface area contributed by atoms with Gasteiger partial charge in [-0.25, -0.2) is 0 Å². The van der Waals surface area contributed by atoms with Crippen LogP contribution in [0.15, 0.2) is 134 Å². The van der Waals surface area contributed by atoms with E-state index in [4.69, 9.17) is 9.47 Å². The minimum absolute atomic E-state index is 0.100. The summed E-state index contributed by atoms with van der Waals surface area (Å²) in [7, 11) is 0. The average Bonchev–Trinajstić information content (AvgIpc) is 3.30. The monoisotopic (exact) mass is 883 g/mol. The highest BCUT2D eigenvalue weighted by Gasteiger charge is 2.16. The number of unbranched alkanes of at least 4 members (excludes halogenated alkanes) is 15. The molecule has 360 valence electrons. The highest BCUT2D eigenvalue weighted by Crippen LogP contribution is 2.13. The van der Waals surface area contributed by atoms with Gasteiger partial charge in [-0.1, -0.05) is 218 Å². The molecule has 0 bridgehead atoms. The number of ether oxygens (including phenoxy) is 2. The lowest BCUT2D eigenvalue weighted by atomic mass is 10.1. The van der Waals surface area contributed by atoms with Crippen LogP contribution >= 0.6 is 0 Å². The van der Waals surface area contributed by atoms with Crippen molar-refractivity contribution in [2.75, 3.05) is 13.2 Å². The van der Waals surface area contributed by atoms with E-state index in [1.54, 1.807) is 0 Å². The van der Waals surface area contributed by atoms with E-state index < -0.39 is 6.10 Å². The fourth-order valence-electron chi connectivity index (χ4n) is 6.59. The number of carbonyl (C=O) groups is 2. The van der Waals surface area contributed by atoms with E-state index in [-0.39, 0.29) is 31.6 Å². The second-order valence-electron chi connectivity index (χ2n) is 16.5. The fourth-order valence-corrected chi connectivity index (χ4v) is 6.59. The molecule has 1 atom stereocenters. The maximum atomic E-state index is 12.2. The van der Waals surface area contributed by atoms with E-state index in [0.717, 1.165) is 89.9 Å². The molecule has 1 N–H and O–H groups in total. The summed E-state index contributed by atoms with van der Waals surface area (Å²) in [5.41, 5.74) is 0. The molecule has 0 aliphatic heterocycles. The van der Waals surface area contributed by atoms with E-state index in [9.17, 15) is 14.7 Å². The Labute approximate surface area is 394 Å². The molecule has 5 nitrogen and oxygen atoms in total. The van der Waals surface area contributed by atoms with Gasteiger partial charge < -0.3 is 14.6 Å². The molecule has 0 amide bonds. The molecule has 0 aromatic heterocycles. The van der Waals surface area contributed by atoms with Crippen LogP contribution in [0.25, 0.3) is 0 Å². The lowest BCUT2D eigenvalue weighted by Gasteiger charge is -2.15. The Morgan fingerprint density at radius 1 is 0.375 bits per heavy atom. The van der Waals surface area contributed by atoms with Crippen molar-refractivity contribution in [3.63, 3.8) is 0 Å². The molecule has 0 spiro atoms. The zero-order chi connectivity index (χ0) is 46.3. The summed E-state index contributed by atoms with van der Waals surface area (Å²) in [6.07, 6.45) is 79.7. The van der Waals surface area contributed by atoms with Crippen LogP contribution in [-0.2, 0) is 19.1 Å². The van der Waals surface area contributed by atoms with Crippen LogP contribution in [0.4, 0.5) is 0 Å². The SMILES string of the molecule is CC/C=C\C/C=C\C/C=C\C/C=C\C/C=C\C/C=C\C/C=C\C/C=C\C/C=C\CCCC(=O)OC(CO)COC(=O)CCCCCCCCCCC/C=C\C/C=C\CCCCCCC. The number of rotatable bonds is 45. The summed E-state index contributed by atoms with van der Waals surface area (Å²) in [6.45, 7) is 3.96. The number of hydrogen-bond acceptors (Lipinski definition) is 5. The molecule has 0 radical (unpaired) electrons. The summed E-state index contributed by atoms with van der Waals surface area (Å²) in [4.78, 5) is 24.4. The Morgan fingerprint density at radius 2 is 0.688 bits per heavy atom. The van der Waals surface area contributed by atoms with Crippen LogP contribution < -0.4 is 0 Å². The van der Waals surface area contributed by atoms with Gasteiger partial charge in [0.15, 0.2) is 6.10 Å². The van der Waals surface area contributed by atoms with E-state index in [1.165, 1.54) is 83.5 Å². The third-order valence-electron chi connectivity index (χ3n) is 10.4. The normalized spacial score (nSPS) is 13.4. The molecule has 0 rings (SSSR count). The Bertz CT molecular complexity index is 1370. The van der Waals surface area contributed by atoms with Crippen molar-refractivity contribution >= 4 is 11.9 Å². The van der Waals surface area contributed by atoms with Gasteiger partial charge in [-0.05, 0) is 109 Å². The summed E-state index contributed by atoms with van der Waals surface area (Å²) in [6, 6.07) is 0. The van der Waals surface area contributed by atoms with Crippen molar-refractivity contribution in [2.24, 2.45) is 0 Å². The summed E-state index contributed by atoms with van der Waals surface area (Å²) in [5.74, 6) is -0.674. The topological polar surface area (TPSA) is 72.8 Å². The van der Waals surface area contributed by atoms with Crippen LogP contribution in [0.2, 0.25) is 0 Å². The Balaban J connectivity index is 3.70. The summed E-state index contributed by atoms with van der Waals surface area (Å²) in [5, 5.41) is 9.62. The second kappa shape index (κ2) is 53.4. The highest BCUT2D eigenvalue weighted by atomic mass is 16.6. The van der Waals surface area contributed by atoms with Crippen LogP contribution in [-0.4, -0.2) is 36.4 Å². The fraction of sp³-hybridized carbons (Fsp3) is 0.593. The van der Waals surface area contributed by atoms with Crippen LogP contribution in [0.5, 0.6) is 0 Å². The van der Waals surface area contributed by atoms with Gasteiger partial charge >= 0.3 is 11.9 Å². The van der Waals surface area contributed by atoms with Gasteiger partial charge in [0.1, 0.15) is 6.61 Å². The van der Waals surface area contributed by atoms with Gasteiger partial charge in [0, 0.05) is 12.8 Å². The van der Waals surface area contributed by atoms with Crippen molar-refractivity contribution in [1.29, 1.82) is 0 Å². The maximum Gasteiger partial charge on any atom is 0.306 e. The van der Waals surface area contributed by atoms with Crippen molar-refractivity contribution in [2.45, 2.75) is 213 Å². The van der Waals surface area contributed by atoms with Crippen molar-refractivity contribution in [1.82, 2.24) is 0 Å².